The van der Waals surface area contributed by atoms with Crippen LogP contribution in [-0.2, 0) is 11.8 Å². The lowest BCUT2D eigenvalue weighted by Crippen LogP contribution is -2.14. The third-order valence-corrected chi connectivity index (χ3v) is 13.5. The average Bonchev–Trinajstić information content (AvgIpc) is 3.94. The Morgan fingerprint density at radius 3 is 2.12 bits per heavy atom. The van der Waals surface area contributed by atoms with Crippen LogP contribution >= 0.6 is 0 Å². The summed E-state index contributed by atoms with van der Waals surface area (Å²) < 4.78 is 8.50. The van der Waals surface area contributed by atoms with Gasteiger partial charge in [-0.25, -0.2) is 0 Å². The lowest BCUT2D eigenvalue weighted by Gasteiger charge is -2.21. The summed E-state index contributed by atoms with van der Waals surface area (Å²) in [6.45, 7) is 13.0. The molecule has 0 N–H and O–H groups in total. The van der Waals surface area contributed by atoms with Crippen molar-refractivity contribution in [3.05, 3.63) is 234 Å². The van der Waals surface area contributed by atoms with Crippen LogP contribution in [-0.4, -0.2) is 4.57 Å². The molecule has 64 heavy (non-hydrogen) atoms. The second-order valence-electron chi connectivity index (χ2n) is 17.7. The Kier molecular flexibility index (Phi) is 9.55. The molecule has 0 spiro atoms. The molecule has 0 saturated heterocycles. The van der Waals surface area contributed by atoms with Gasteiger partial charge in [-0.3, -0.25) is 0 Å². The van der Waals surface area contributed by atoms with Gasteiger partial charge in [-0.15, -0.1) is 0 Å². The second-order valence-corrected chi connectivity index (χ2v) is 17.7. The quantitative estimate of drug-likeness (QED) is 0.163. The van der Waals surface area contributed by atoms with Crippen LogP contribution in [0, 0.1) is 6.92 Å². The van der Waals surface area contributed by atoms with Crippen molar-refractivity contribution in [1.82, 2.24) is 4.57 Å². The first kappa shape index (κ1) is 39.2. The highest BCUT2D eigenvalue weighted by molar-refractivity contribution is 6.12. The molecule has 12 rings (SSSR count). The van der Waals surface area contributed by atoms with Crippen LogP contribution in [0.25, 0.3) is 94.6 Å². The van der Waals surface area contributed by atoms with Crippen LogP contribution in [0.2, 0.25) is 0 Å². The summed E-state index contributed by atoms with van der Waals surface area (Å²) in [6.07, 6.45) is 7.16. The molecule has 0 amide bonds. The van der Waals surface area contributed by atoms with Gasteiger partial charge in [-0.2, -0.15) is 0 Å². The molecule has 2 heteroatoms. The van der Waals surface area contributed by atoms with Crippen molar-refractivity contribution in [3.63, 3.8) is 0 Å². The zero-order chi connectivity index (χ0) is 43.5. The smallest absolute Gasteiger partial charge is 0.135 e. The number of rotatable bonds is 6. The molecule has 0 atom stereocenters. The van der Waals surface area contributed by atoms with Gasteiger partial charge >= 0.3 is 0 Å². The van der Waals surface area contributed by atoms with E-state index in [1.165, 1.54) is 93.6 Å². The standard InChI is InChI=1S/C36H27NO.C26H22/c1-4-10-25-19-30-29-20-26(27-16-18-34-31(21-27)36-23(3)11-9-14-35(36)38-34)15-17-32(29)37(28-12-7-6-8-13-28)33(30)22-24(25)5-2;1-26(2)23-12-6-5-11-22(23)25-21(10-7-13-24(25)26)17-18-14-15-19-8-3-4-9-20(19)16-18/h4-22H,2H2,1,3H3;3-16H,17H2,1-2H3/b10-4-;. The van der Waals surface area contributed by atoms with E-state index in [1.54, 1.807) is 0 Å². The van der Waals surface area contributed by atoms with Gasteiger partial charge in [-0.05, 0) is 147 Å². The van der Waals surface area contributed by atoms with Gasteiger partial charge in [0, 0.05) is 32.6 Å². The van der Waals surface area contributed by atoms with Gasteiger partial charge in [0.2, 0.25) is 0 Å². The van der Waals surface area contributed by atoms with E-state index in [1.807, 2.05) is 12.1 Å². The first-order chi connectivity index (χ1) is 31.3. The normalized spacial score (nSPS) is 12.9. The van der Waals surface area contributed by atoms with E-state index in [9.17, 15) is 0 Å². The van der Waals surface area contributed by atoms with E-state index in [0.717, 1.165) is 34.2 Å². The van der Waals surface area contributed by atoms with Gasteiger partial charge in [-0.1, -0.05) is 166 Å². The maximum absolute atomic E-state index is 6.14. The fourth-order valence-electron chi connectivity index (χ4n) is 10.4. The molecule has 1 aliphatic carbocycles. The molecule has 9 aromatic carbocycles. The Morgan fingerprint density at radius 1 is 0.578 bits per heavy atom. The van der Waals surface area contributed by atoms with E-state index in [4.69, 9.17) is 4.42 Å². The minimum absolute atomic E-state index is 0.0747. The fraction of sp³-hybridized carbons (Fsp3) is 0.0968. The zero-order valence-corrected chi connectivity index (χ0v) is 36.8. The summed E-state index contributed by atoms with van der Waals surface area (Å²) in [5, 5.41) is 7.44. The second kappa shape index (κ2) is 15.6. The van der Waals surface area contributed by atoms with E-state index in [-0.39, 0.29) is 5.41 Å². The van der Waals surface area contributed by atoms with Crippen molar-refractivity contribution in [3.8, 4) is 27.9 Å². The number of allylic oxidation sites excluding steroid dienone is 1. The third kappa shape index (κ3) is 6.48. The molecular formula is C62H49NO. The van der Waals surface area contributed by atoms with Crippen LogP contribution in [0.3, 0.4) is 0 Å². The third-order valence-electron chi connectivity index (χ3n) is 13.5. The molecule has 308 valence electrons. The van der Waals surface area contributed by atoms with Gasteiger partial charge in [0.25, 0.3) is 0 Å². The molecule has 0 unspecified atom stereocenters. The van der Waals surface area contributed by atoms with E-state index in [2.05, 4.69) is 227 Å². The lowest BCUT2D eigenvalue weighted by atomic mass is 9.82. The lowest BCUT2D eigenvalue weighted by molar-refractivity contribution is 0.660. The average molecular weight is 824 g/mol. The van der Waals surface area contributed by atoms with Gasteiger partial charge in [0.1, 0.15) is 11.2 Å². The van der Waals surface area contributed by atoms with Crippen LogP contribution in [0.5, 0.6) is 0 Å². The first-order valence-corrected chi connectivity index (χ1v) is 22.4. The molecule has 2 nitrogen and oxygen atoms in total. The highest BCUT2D eigenvalue weighted by Crippen LogP contribution is 2.50. The predicted molar refractivity (Wildman–Crippen MR) is 274 cm³/mol. The van der Waals surface area contributed by atoms with Crippen molar-refractivity contribution in [2.75, 3.05) is 0 Å². The number of aryl methyl sites for hydroxylation is 1. The SMILES string of the molecule is C=Cc1cc2c(cc1/C=C\C)c1cc(-c3ccc4oc5cccc(C)c5c4c3)ccc1n2-c1ccccc1.CC1(C)c2ccccc2-c2c(Cc3ccc4ccccc4c3)cccc21. The van der Waals surface area contributed by atoms with Gasteiger partial charge in [0.15, 0.2) is 0 Å². The number of furan rings is 1. The number of nitrogens with zero attached hydrogens (tertiary/aromatic N) is 1. The monoisotopic (exact) mass is 823 g/mol. The van der Waals surface area contributed by atoms with Crippen LogP contribution in [0.15, 0.2) is 199 Å². The molecular weight excluding hydrogens is 775 g/mol. The minimum atomic E-state index is 0.0747. The number of para-hydroxylation sites is 1. The Bertz CT molecular complexity index is 3650. The van der Waals surface area contributed by atoms with Crippen molar-refractivity contribution >= 4 is 66.7 Å². The molecule has 0 radical (unpaired) electrons. The molecule has 0 aliphatic heterocycles. The molecule has 1 aliphatic rings. The molecule has 2 heterocycles. The minimum Gasteiger partial charge on any atom is -0.456 e. The molecule has 0 fully saturated rings. The van der Waals surface area contributed by atoms with E-state index in [0.29, 0.717) is 0 Å². The zero-order valence-electron chi connectivity index (χ0n) is 36.8. The summed E-state index contributed by atoms with van der Waals surface area (Å²) in [7, 11) is 0. The van der Waals surface area contributed by atoms with Gasteiger partial charge < -0.3 is 8.98 Å². The maximum Gasteiger partial charge on any atom is 0.135 e. The number of benzene rings is 9. The molecule has 2 aromatic heterocycles. The predicted octanol–water partition coefficient (Wildman–Crippen LogP) is 17.1. The van der Waals surface area contributed by atoms with Crippen molar-refractivity contribution in [2.24, 2.45) is 0 Å². The van der Waals surface area contributed by atoms with E-state index < -0.39 is 0 Å². The van der Waals surface area contributed by atoms with E-state index >= 15 is 0 Å². The summed E-state index contributed by atoms with van der Waals surface area (Å²) in [5.74, 6) is 0. The number of hydrogen-bond donors (Lipinski definition) is 0. The number of aromatic nitrogens is 1. The fourth-order valence-corrected chi connectivity index (χ4v) is 10.4. The maximum atomic E-state index is 6.14. The Balaban J connectivity index is 0.000000153. The largest absolute Gasteiger partial charge is 0.456 e. The summed E-state index contributed by atoms with van der Waals surface area (Å²) in [6, 6.07) is 65.9. The highest BCUT2D eigenvalue weighted by Gasteiger charge is 2.36. The summed E-state index contributed by atoms with van der Waals surface area (Å²) in [5.41, 5.74) is 19.9. The van der Waals surface area contributed by atoms with Crippen LogP contribution in [0.1, 0.15) is 59.7 Å². The number of fused-ring (bicyclic) bond motifs is 10. The highest BCUT2D eigenvalue weighted by atomic mass is 16.3. The summed E-state index contributed by atoms with van der Waals surface area (Å²) in [4.78, 5) is 0. The molecule has 0 bridgehead atoms. The molecule has 0 saturated carbocycles. The van der Waals surface area contributed by atoms with Crippen LogP contribution < -0.4 is 0 Å². The van der Waals surface area contributed by atoms with Gasteiger partial charge in [0.05, 0.1) is 11.0 Å². The first-order valence-electron chi connectivity index (χ1n) is 22.4. The van der Waals surface area contributed by atoms with Crippen LogP contribution in [0.4, 0.5) is 0 Å². The Hall–Kier alpha value is -7.68. The topological polar surface area (TPSA) is 18.1 Å². The Labute approximate surface area is 375 Å². The van der Waals surface area contributed by atoms with Crippen molar-refractivity contribution in [1.29, 1.82) is 0 Å². The molecule has 11 aromatic rings. The van der Waals surface area contributed by atoms with Crippen molar-refractivity contribution < 1.29 is 4.42 Å². The van der Waals surface area contributed by atoms with Crippen molar-refractivity contribution in [2.45, 2.75) is 39.5 Å². The Morgan fingerprint density at radius 2 is 1.30 bits per heavy atom. The number of hydrogen-bond acceptors (Lipinski definition) is 1. The summed E-state index contributed by atoms with van der Waals surface area (Å²) >= 11 is 0.